The fraction of sp³-hybridized carbons (Fsp3) is 0.600. The van der Waals surface area contributed by atoms with Gasteiger partial charge in [0, 0.05) is 37.5 Å². The van der Waals surface area contributed by atoms with Gasteiger partial charge in [0.2, 0.25) is 5.91 Å². The summed E-state index contributed by atoms with van der Waals surface area (Å²) in [7, 11) is 1.97. The highest BCUT2D eigenvalue weighted by Gasteiger charge is 2.22. The Labute approximate surface area is 157 Å². The summed E-state index contributed by atoms with van der Waals surface area (Å²) < 4.78 is 0. The molecule has 1 aliphatic rings. The topological polar surface area (TPSA) is 49.4 Å². The maximum atomic E-state index is 12.3. The number of carbonyl (C=O) groups is 2. The first-order valence-corrected chi connectivity index (χ1v) is 9.06. The van der Waals surface area contributed by atoms with Gasteiger partial charge in [-0.1, -0.05) is 38.1 Å². The number of carbonyl (C=O) groups excluding carboxylic acids is 2. The number of rotatable bonds is 7. The molecule has 140 valence electrons. The van der Waals surface area contributed by atoms with Crippen LogP contribution >= 0.6 is 12.4 Å². The lowest BCUT2D eigenvalue weighted by molar-refractivity contribution is -0.132. The number of amides is 1. The quantitative estimate of drug-likeness (QED) is 0.751. The van der Waals surface area contributed by atoms with Gasteiger partial charge in [-0.3, -0.25) is 9.59 Å². The van der Waals surface area contributed by atoms with Gasteiger partial charge in [-0.05, 0) is 37.8 Å². The molecule has 0 unspecified atom stereocenters. The molecule has 1 aromatic rings. The van der Waals surface area contributed by atoms with E-state index in [2.05, 4.69) is 19.2 Å². The Kier molecular flexibility index (Phi) is 9.15. The molecule has 4 nitrogen and oxygen atoms in total. The minimum Gasteiger partial charge on any atom is -0.343 e. The molecule has 5 heteroatoms. The highest BCUT2D eigenvalue weighted by Crippen LogP contribution is 2.14. The molecule has 1 aromatic carbocycles. The summed E-state index contributed by atoms with van der Waals surface area (Å²) in [5.41, 5.74) is 1.97. The van der Waals surface area contributed by atoms with Crippen LogP contribution in [0, 0.1) is 5.92 Å². The zero-order chi connectivity index (χ0) is 17.5. The lowest BCUT2D eigenvalue weighted by atomic mass is 9.99. The molecule has 0 radical (unpaired) electrons. The number of likely N-dealkylation sites (tertiary alicyclic amines) is 1. The summed E-state index contributed by atoms with van der Waals surface area (Å²) in [4.78, 5) is 26.4. The van der Waals surface area contributed by atoms with Gasteiger partial charge >= 0.3 is 0 Å². The van der Waals surface area contributed by atoms with Crippen LogP contribution in [0.25, 0.3) is 0 Å². The molecule has 0 saturated carbocycles. The number of piperidine rings is 1. The Morgan fingerprint density at radius 2 is 1.72 bits per heavy atom. The average molecular weight is 367 g/mol. The van der Waals surface area contributed by atoms with Crippen molar-refractivity contribution in [3.8, 4) is 0 Å². The van der Waals surface area contributed by atoms with E-state index in [1.165, 1.54) is 5.56 Å². The molecule has 0 aromatic heterocycles. The maximum absolute atomic E-state index is 12.3. The Morgan fingerprint density at radius 3 is 2.24 bits per heavy atom. The van der Waals surface area contributed by atoms with Crippen LogP contribution in [-0.4, -0.2) is 42.8 Å². The summed E-state index contributed by atoms with van der Waals surface area (Å²) in [6.07, 6.45) is 3.63. The Bertz CT molecular complexity index is 549. The van der Waals surface area contributed by atoms with Gasteiger partial charge in [-0.25, -0.2) is 0 Å². The second-order valence-corrected chi connectivity index (χ2v) is 7.16. The molecule has 1 saturated heterocycles. The van der Waals surface area contributed by atoms with Crippen molar-refractivity contribution < 1.29 is 9.59 Å². The third kappa shape index (κ3) is 6.79. The van der Waals surface area contributed by atoms with Crippen LogP contribution in [0.3, 0.4) is 0 Å². The number of hydrogen-bond acceptors (Lipinski definition) is 3. The molecule has 1 amide bonds. The van der Waals surface area contributed by atoms with Crippen molar-refractivity contribution in [1.82, 2.24) is 10.2 Å². The van der Waals surface area contributed by atoms with E-state index in [4.69, 9.17) is 0 Å². The highest BCUT2D eigenvalue weighted by atomic mass is 35.5. The fourth-order valence-corrected chi connectivity index (χ4v) is 3.24. The van der Waals surface area contributed by atoms with Crippen LogP contribution in [0.1, 0.15) is 55.5 Å². The molecular weight excluding hydrogens is 336 g/mol. The molecule has 0 bridgehead atoms. The molecule has 1 fully saturated rings. The van der Waals surface area contributed by atoms with Crippen LogP contribution in [0.4, 0.5) is 0 Å². The van der Waals surface area contributed by atoms with Gasteiger partial charge in [0.05, 0.1) is 0 Å². The molecule has 0 aliphatic carbocycles. The number of hydrogen-bond donors (Lipinski definition) is 1. The fourth-order valence-electron chi connectivity index (χ4n) is 3.24. The summed E-state index contributed by atoms with van der Waals surface area (Å²) >= 11 is 0. The van der Waals surface area contributed by atoms with Gasteiger partial charge in [0.15, 0.2) is 5.78 Å². The minimum atomic E-state index is 0. The number of Topliss-reactive ketones (excluding diaryl/α,β-unsaturated/α-hetero) is 1. The zero-order valence-corrected chi connectivity index (χ0v) is 16.4. The van der Waals surface area contributed by atoms with Gasteiger partial charge in [0.1, 0.15) is 0 Å². The second-order valence-electron chi connectivity index (χ2n) is 7.16. The van der Waals surface area contributed by atoms with Gasteiger partial charge < -0.3 is 10.2 Å². The summed E-state index contributed by atoms with van der Waals surface area (Å²) in [6, 6.07) is 8.35. The van der Waals surface area contributed by atoms with E-state index < -0.39 is 0 Å². The van der Waals surface area contributed by atoms with E-state index in [0.717, 1.165) is 32.4 Å². The van der Waals surface area contributed by atoms with Crippen LogP contribution in [0.5, 0.6) is 0 Å². The van der Waals surface area contributed by atoms with Crippen LogP contribution in [-0.2, 0) is 11.2 Å². The standard InChI is InChI=1S/C20H30N2O2.ClH/c1-15(2)14-16-4-6-17(7-5-16)19(23)8-9-20(24)22-12-10-18(21-3)11-13-22;/h4-7,15,18,21H,8-14H2,1-3H3;1H. The molecule has 2 rings (SSSR count). The lowest BCUT2D eigenvalue weighted by Crippen LogP contribution is -2.44. The molecule has 25 heavy (non-hydrogen) atoms. The Morgan fingerprint density at radius 1 is 1.12 bits per heavy atom. The van der Waals surface area contributed by atoms with Crippen molar-refractivity contribution in [3.05, 3.63) is 35.4 Å². The normalized spacial score (nSPS) is 15.1. The predicted molar refractivity (Wildman–Crippen MR) is 104 cm³/mol. The molecule has 0 atom stereocenters. The van der Waals surface area contributed by atoms with Crippen molar-refractivity contribution >= 4 is 24.1 Å². The van der Waals surface area contributed by atoms with Crippen LogP contribution < -0.4 is 5.32 Å². The SMILES string of the molecule is CNC1CCN(C(=O)CCC(=O)c2ccc(CC(C)C)cc2)CC1.Cl. The molecule has 1 heterocycles. The number of halogens is 1. The van der Waals surface area contributed by atoms with Crippen LogP contribution in [0.2, 0.25) is 0 Å². The largest absolute Gasteiger partial charge is 0.343 e. The Balaban J connectivity index is 0.00000312. The van der Waals surface area contributed by atoms with Crippen molar-refractivity contribution in [2.45, 2.75) is 52.0 Å². The van der Waals surface area contributed by atoms with Crippen molar-refractivity contribution in [1.29, 1.82) is 0 Å². The zero-order valence-electron chi connectivity index (χ0n) is 15.6. The van der Waals surface area contributed by atoms with Gasteiger partial charge in [0.25, 0.3) is 0 Å². The maximum Gasteiger partial charge on any atom is 0.223 e. The number of nitrogens with zero attached hydrogens (tertiary/aromatic N) is 1. The highest BCUT2D eigenvalue weighted by molar-refractivity contribution is 5.98. The number of benzene rings is 1. The Hall–Kier alpha value is -1.39. The van der Waals surface area contributed by atoms with Crippen molar-refractivity contribution in [3.63, 3.8) is 0 Å². The third-order valence-electron chi connectivity index (χ3n) is 4.74. The van der Waals surface area contributed by atoms with Crippen molar-refractivity contribution in [2.75, 3.05) is 20.1 Å². The van der Waals surface area contributed by atoms with E-state index in [-0.39, 0.29) is 24.1 Å². The van der Waals surface area contributed by atoms with Crippen LogP contribution in [0.15, 0.2) is 24.3 Å². The predicted octanol–water partition coefficient (Wildman–Crippen LogP) is 3.48. The molecule has 1 N–H and O–H groups in total. The number of nitrogens with one attached hydrogen (secondary N) is 1. The van der Waals surface area contributed by atoms with E-state index in [1.807, 2.05) is 36.2 Å². The molecule has 1 aliphatic heterocycles. The monoisotopic (exact) mass is 366 g/mol. The average Bonchev–Trinajstić information content (AvgIpc) is 2.59. The minimum absolute atomic E-state index is 0. The summed E-state index contributed by atoms with van der Waals surface area (Å²) in [5, 5.41) is 3.26. The first-order chi connectivity index (χ1) is 11.5. The van der Waals surface area contributed by atoms with Gasteiger partial charge in [-0.15, -0.1) is 12.4 Å². The van der Waals surface area contributed by atoms with E-state index in [0.29, 0.717) is 30.4 Å². The summed E-state index contributed by atoms with van der Waals surface area (Å²) in [6.45, 7) is 5.96. The smallest absolute Gasteiger partial charge is 0.223 e. The molecule has 0 spiro atoms. The lowest BCUT2D eigenvalue weighted by Gasteiger charge is -2.31. The first kappa shape index (κ1) is 21.7. The molecular formula is C20H31ClN2O2. The third-order valence-corrected chi connectivity index (χ3v) is 4.74. The second kappa shape index (κ2) is 10.6. The van der Waals surface area contributed by atoms with Crippen molar-refractivity contribution in [2.24, 2.45) is 5.92 Å². The van der Waals surface area contributed by atoms with Gasteiger partial charge in [-0.2, -0.15) is 0 Å². The number of ketones is 1. The van der Waals surface area contributed by atoms with E-state index >= 15 is 0 Å². The first-order valence-electron chi connectivity index (χ1n) is 9.06. The summed E-state index contributed by atoms with van der Waals surface area (Å²) in [5.74, 6) is 0.773. The van der Waals surface area contributed by atoms with E-state index in [9.17, 15) is 9.59 Å². The van der Waals surface area contributed by atoms with E-state index in [1.54, 1.807) is 0 Å².